The third-order valence-electron chi connectivity index (χ3n) is 2.95. The Kier molecular flexibility index (Phi) is 7.39. The van der Waals surface area contributed by atoms with Gasteiger partial charge in [0.2, 0.25) is 11.8 Å². The topological polar surface area (TPSA) is 87.9 Å². The number of carbonyl (C=O) groups is 2. The van der Waals surface area contributed by atoms with E-state index in [1.165, 1.54) is 0 Å². The van der Waals surface area contributed by atoms with Crippen LogP contribution in [0.4, 0.5) is 0 Å². The van der Waals surface area contributed by atoms with Crippen LogP contribution in [0.1, 0.15) is 6.92 Å². The second kappa shape index (κ2) is 8.84. The van der Waals surface area contributed by atoms with Gasteiger partial charge in [-0.3, -0.25) is 14.5 Å². The molecule has 1 saturated heterocycles. The Labute approximate surface area is 114 Å². The van der Waals surface area contributed by atoms with Gasteiger partial charge in [0, 0.05) is 39.3 Å². The third kappa shape index (κ3) is 6.00. The number of ether oxygens (including phenoxy) is 1. The van der Waals surface area contributed by atoms with Crippen molar-refractivity contribution in [1.29, 1.82) is 0 Å². The summed E-state index contributed by atoms with van der Waals surface area (Å²) in [6.07, 6.45) is 0. The number of carbonyl (C=O) groups excluding carboxylic acids is 2. The van der Waals surface area contributed by atoms with E-state index in [1.54, 1.807) is 4.90 Å². The van der Waals surface area contributed by atoms with Crippen LogP contribution in [0.25, 0.3) is 0 Å². The van der Waals surface area contributed by atoms with E-state index in [0.717, 1.165) is 13.1 Å². The molecule has 7 heteroatoms. The molecule has 1 fully saturated rings. The van der Waals surface area contributed by atoms with Gasteiger partial charge < -0.3 is 20.7 Å². The predicted molar refractivity (Wildman–Crippen MR) is 71.6 cm³/mol. The summed E-state index contributed by atoms with van der Waals surface area (Å²) in [7, 11) is 0. The summed E-state index contributed by atoms with van der Waals surface area (Å²) in [5.74, 6) is 0.0275. The van der Waals surface area contributed by atoms with Crippen molar-refractivity contribution in [3.8, 4) is 0 Å². The highest BCUT2D eigenvalue weighted by molar-refractivity contribution is 5.78. The number of hydrogen-bond acceptors (Lipinski definition) is 5. The molecular weight excluding hydrogens is 248 g/mol. The molecule has 0 aromatic carbocycles. The average Bonchev–Trinajstić information content (AvgIpc) is 2.40. The van der Waals surface area contributed by atoms with Gasteiger partial charge in [-0.15, -0.1) is 0 Å². The average molecular weight is 272 g/mol. The van der Waals surface area contributed by atoms with E-state index in [4.69, 9.17) is 10.5 Å². The molecule has 3 N–H and O–H groups in total. The molecule has 0 unspecified atom stereocenters. The van der Waals surface area contributed by atoms with Gasteiger partial charge in [0.1, 0.15) is 6.61 Å². The molecule has 1 rings (SSSR count). The second-order valence-electron chi connectivity index (χ2n) is 4.45. The van der Waals surface area contributed by atoms with Crippen molar-refractivity contribution >= 4 is 11.8 Å². The molecule has 110 valence electrons. The van der Waals surface area contributed by atoms with E-state index in [-0.39, 0.29) is 18.4 Å². The largest absolute Gasteiger partial charge is 0.370 e. The highest BCUT2D eigenvalue weighted by Gasteiger charge is 2.21. The lowest BCUT2D eigenvalue weighted by atomic mass is 10.3. The van der Waals surface area contributed by atoms with Crippen molar-refractivity contribution in [2.75, 3.05) is 59.0 Å². The van der Waals surface area contributed by atoms with Crippen LogP contribution in [0.3, 0.4) is 0 Å². The fraction of sp³-hybridized carbons (Fsp3) is 0.833. The zero-order chi connectivity index (χ0) is 14.1. The van der Waals surface area contributed by atoms with Gasteiger partial charge in [-0.25, -0.2) is 0 Å². The second-order valence-corrected chi connectivity index (χ2v) is 4.45. The minimum atomic E-state index is -0.00823. The molecule has 7 nitrogen and oxygen atoms in total. The summed E-state index contributed by atoms with van der Waals surface area (Å²) in [5.41, 5.74) is 5.29. The standard InChI is InChI=1S/C12H24N4O3/c1-2-14-11(17)9-15-4-6-16(7-5-15)12(18)10-19-8-3-13/h2-10,13H2,1H3,(H,14,17). The fourth-order valence-corrected chi connectivity index (χ4v) is 1.95. The number of hydrogen-bond donors (Lipinski definition) is 2. The van der Waals surface area contributed by atoms with E-state index in [1.807, 2.05) is 6.92 Å². The summed E-state index contributed by atoms with van der Waals surface area (Å²) in [4.78, 5) is 27.0. The number of piperazine rings is 1. The van der Waals surface area contributed by atoms with E-state index in [0.29, 0.717) is 39.3 Å². The number of nitrogens with zero attached hydrogens (tertiary/aromatic N) is 2. The number of likely N-dealkylation sites (N-methyl/N-ethyl adjacent to an activating group) is 1. The Morgan fingerprint density at radius 3 is 2.53 bits per heavy atom. The van der Waals surface area contributed by atoms with E-state index in [9.17, 15) is 9.59 Å². The summed E-state index contributed by atoms with van der Waals surface area (Å²) >= 11 is 0. The van der Waals surface area contributed by atoms with Gasteiger partial charge >= 0.3 is 0 Å². The van der Waals surface area contributed by atoms with E-state index in [2.05, 4.69) is 10.2 Å². The first-order valence-electron chi connectivity index (χ1n) is 6.72. The molecule has 0 radical (unpaired) electrons. The van der Waals surface area contributed by atoms with Crippen LogP contribution < -0.4 is 11.1 Å². The van der Waals surface area contributed by atoms with Crippen LogP contribution in [-0.2, 0) is 14.3 Å². The SMILES string of the molecule is CCNC(=O)CN1CCN(C(=O)COCCN)CC1. The summed E-state index contributed by atoms with van der Waals surface area (Å²) in [5, 5.41) is 2.77. The zero-order valence-corrected chi connectivity index (χ0v) is 11.6. The molecule has 1 aliphatic heterocycles. The monoisotopic (exact) mass is 272 g/mol. The zero-order valence-electron chi connectivity index (χ0n) is 11.6. The minimum absolute atomic E-state index is 0.00823. The first-order chi connectivity index (χ1) is 9.17. The molecule has 19 heavy (non-hydrogen) atoms. The van der Waals surface area contributed by atoms with E-state index < -0.39 is 0 Å². The number of amides is 2. The summed E-state index contributed by atoms with van der Waals surface area (Å²) < 4.78 is 5.13. The van der Waals surface area contributed by atoms with Crippen LogP contribution in [0.5, 0.6) is 0 Å². The lowest BCUT2D eigenvalue weighted by Crippen LogP contribution is -2.51. The van der Waals surface area contributed by atoms with Crippen LogP contribution in [0, 0.1) is 0 Å². The van der Waals surface area contributed by atoms with E-state index >= 15 is 0 Å². The molecule has 1 heterocycles. The van der Waals surface area contributed by atoms with Crippen molar-refractivity contribution in [1.82, 2.24) is 15.1 Å². The Morgan fingerprint density at radius 2 is 1.95 bits per heavy atom. The third-order valence-corrected chi connectivity index (χ3v) is 2.95. The van der Waals surface area contributed by atoms with Gasteiger partial charge in [-0.2, -0.15) is 0 Å². The first-order valence-corrected chi connectivity index (χ1v) is 6.72. The molecule has 0 aliphatic carbocycles. The Hall–Kier alpha value is -1.18. The van der Waals surface area contributed by atoms with Crippen LogP contribution in [0.15, 0.2) is 0 Å². The van der Waals surface area contributed by atoms with Crippen LogP contribution in [0.2, 0.25) is 0 Å². The molecule has 0 aromatic rings. The quantitative estimate of drug-likeness (QED) is 0.536. The number of rotatable bonds is 7. The van der Waals surface area contributed by atoms with Crippen LogP contribution >= 0.6 is 0 Å². The molecule has 0 spiro atoms. The molecule has 0 bridgehead atoms. The van der Waals surface area contributed by atoms with Gasteiger partial charge in [0.05, 0.1) is 13.2 Å². The Balaban J connectivity index is 2.21. The van der Waals surface area contributed by atoms with Crippen LogP contribution in [-0.4, -0.2) is 80.6 Å². The predicted octanol–water partition coefficient (Wildman–Crippen LogP) is -1.76. The van der Waals surface area contributed by atoms with Crippen molar-refractivity contribution < 1.29 is 14.3 Å². The fourth-order valence-electron chi connectivity index (χ4n) is 1.95. The smallest absolute Gasteiger partial charge is 0.248 e. The Morgan fingerprint density at radius 1 is 1.26 bits per heavy atom. The maximum Gasteiger partial charge on any atom is 0.248 e. The van der Waals surface area contributed by atoms with Crippen molar-refractivity contribution in [2.45, 2.75) is 6.92 Å². The normalized spacial score (nSPS) is 16.4. The summed E-state index contributed by atoms with van der Waals surface area (Å²) in [6, 6.07) is 0. The summed E-state index contributed by atoms with van der Waals surface area (Å²) in [6.45, 7) is 6.60. The maximum absolute atomic E-state index is 11.8. The lowest BCUT2D eigenvalue weighted by Gasteiger charge is -2.34. The van der Waals surface area contributed by atoms with Gasteiger partial charge in [-0.05, 0) is 6.92 Å². The molecule has 0 atom stereocenters. The molecule has 0 saturated carbocycles. The lowest BCUT2D eigenvalue weighted by molar-refractivity contribution is -0.138. The minimum Gasteiger partial charge on any atom is -0.370 e. The molecular formula is C12H24N4O3. The maximum atomic E-state index is 11.8. The van der Waals surface area contributed by atoms with Gasteiger partial charge in [0.15, 0.2) is 0 Å². The van der Waals surface area contributed by atoms with Crippen molar-refractivity contribution in [2.24, 2.45) is 5.73 Å². The van der Waals surface area contributed by atoms with Crippen molar-refractivity contribution in [3.63, 3.8) is 0 Å². The number of nitrogens with two attached hydrogens (primary N) is 1. The first kappa shape index (κ1) is 15.9. The highest BCUT2D eigenvalue weighted by atomic mass is 16.5. The van der Waals surface area contributed by atoms with Gasteiger partial charge in [-0.1, -0.05) is 0 Å². The van der Waals surface area contributed by atoms with Crippen molar-refractivity contribution in [3.05, 3.63) is 0 Å². The Bertz CT molecular complexity index is 291. The molecule has 1 aliphatic rings. The van der Waals surface area contributed by atoms with Gasteiger partial charge in [0.25, 0.3) is 0 Å². The number of nitrogens with one attached hydrogen (secondary N) is 1. The highest BCUT2D eigenvalue weighted by Crippen LogP contribution is 2.02. The molecule has 0 aromatic heterocycles. The molecule has 2 amide bonds.